The first-order valence-electron chi connectivity index (χ1n) is 3.61. The van der Waals surface area contributed by atoms with Crippen molar-refractivity contribution in [2.24, 2.45) is 5.73 Å². The van der Waals surface area contributed by atoms with Crippen LogP contribution in [-0.4, -0.2) is 0 Å². The third kappa shape index (κ3) is 3.19. The molecule has 1 nitrogen and oxygen atoms in total. The van der Waals surface area contributed by atoms with Gasteiger partial charge in [0.05, 0.1) is 0 Å². The van der Waals surface area contributed by atoms with Gasteiger partial charge in [0.1, 0.15) is 5.83 Å². The van der Waals surface area contributed by atoms with E-state index in [9.17, 15) is 4.39 Å². The van der Waals surface area contributed by atoms with Gasteiger partial charge in [0.25, 0.3) is 0 Å². The fourth-order valence-electron chi connectivity index (χ4n) is 0.491. The Morgan fingerprint density at radius 1 is 1.42 bits per heavy atom. The highest BCUT2D eigenvalue weighted by molar-refractivity contribution is 5.38. The molecule has 0 aliphatic carbocycles. The summed E-state index contributed by atoms with van der Waals surface area (Å²) in [6, 6.07) is 0. The standard InChI is InChI=1S/C10H14FN/c1-5-8(4)10(12)6-9(11)7(2)3/h5-6H,1,4,12H2,2-3H3/b10-6+. The van der Waals surface area contributed by atoms with E-state index in [-0.39, 0.29) is 5.83 Å². The van der Waals surface area contributed by atoms with E-state index in [2.05, 4.69) is 13.2 Å². The average Bonchev–Trinajstić information content (AvgIpc) is 2.02. The third-order valence-electron chi connectivity index (χ3n) is 1.38. The lowest BCUT2D eigenvalue weighted by Crippen LogP contribution is -1.98. The van der Waals surface area contributed by atoms with Crippen molar-refractivity contribution >= 4 is 0 Å². The molecule has 66 valence electrons. The van der Waals surface area contributed by atoms with Crippen molar-refractivity contribution in [3.05, 3.63) is 48.0 Å². The first-order chi connectivity index (χ1) is 5.49. The molecule has 0 aromatic carbocycles. The number of allylic oxidation sites excluding steroid dienone is 4. The van der Waals surface area contributed by atoms with Gasteiger partial charge >= 0.3 is 0 Å². The maximum Gasteiger partial charge on any atom is 0.123 e. The minimum Gasteiger partial charge on any atom is -0.398 e. The Balaban J connectivity index is 4.69. The maximum atomic E-state index is 12.9. The van der Waals surface area contributed by atoms with Crippen LogP contribution in [0.15, 0.2) is 48.0 Å². The average molecular weight is 167 g/mol. The Bertz CT molecular complexity index is 255. The molecule has 0 rings (SSSR count). The van der Waals surface area contributed by atoms with Crippen LogP contribution in [0, 0.1) is 0 Å². The molecule has 0 aliphatic rings. The molecule has 0 spiro atoms. The Kier molecular flexibility index (Phi) is 4.05. The zero-order valence-corrected chi connectivity index (χ0v) is 7.52. The van der Waals surface area contributed by atoms with Crippen LogP contribution in [0.2, 0.25) is 0 Å². The highest BCUT2D eigenvalue weighted by Gasteiger charge is 1.96. The van der Waals surface area contributed by atoms with Gasteiger partial charge in [-0.25, -0.2) is 4.39 Å². The van der Waals surface area contributed by atoms with Crippen molar-refractivity contribution in [3.63, 3.8) is 0 Å². The van der Waals surface area contributed by atoms with E-state index in [1.165, 1.54) is 12.2 Å². The zero-order valence-electron chi connectivity index (χ0n) is 7.52. The Morgan fingerprint density at radius 2 is 1.92 bits per heavy atom. The minimum atomic E-state index is -0.324. The van der Waals surface area contributed by atoms with Crippen LogP contribution in [-0.2, 0) is 0 Å². The monoisotopic (exact) mass is 167 g/mol. The molecule has 0 bridgehead atoms. The molecule has 2 N–H and O–H groups in total. The molecule has 0 aromatic heterocycles. The summed E-state index contributed by atoms with van der Waals surface area (Å²) >= 11 is 0. The first-order valence-corrected chi connectivity index (χ1v) is 3.61. The zero-order chi connectivity index (χ0) is 9.72. The maximum absolute atomic E-state index is 12.9. The predicted molar refractivity (Wildman–Crippen MR) is 51.1 cm³/mol. The van der Waals surface area contributed by atoms with Gasteiger partial charge in [0.2, 0.25) is 0 Å². The summed E-state index contributed by atoms with van der Waals surface area (Å²) in [5, 5.41) is 0. The molecule has 0 fully saturated rings. The number of nitrogens with two attached hydrogens (primary N) is 1. The normalized spacial score (nSPS) is 10.8. The van der Waals surface area contributed by atoms with Gasteiger partial charge in [-0.2, -0.15) is 0 Å². The second-order valence-corrected chi connectivity index (χ2v) is 2.68. The van der Waals surface area contributed by atoms with E-state index in [1.807, 2.05) is 0 Å². The van der Waals surface area contributed by atoms with Crippen molar-refractivity contribution in [3.8, 4) is 0 Å². The molecule has 2 heteroatoms. The summed E-state index contributed by atoms with van der Waals surface area (Å²) in [5.74, 6) is -0.324. The third-order valence-corrected chi connectivity index (χ3v) is 1.38. The van der Waals surface area contributed by atoms with Gasteiger partial charge in [-0.1, -0.05) is 19.2 Å². The quantitative estimate of drug-likeness (QED) is 0.642. The summed E-state index contributed by atoms with van der Waals surface area (Å²) in [4.78, 5) is 0. The molecule has 0 saturated carbocycles. The second kappa shape index (κ2) is 4.54. The van der Waals surface area contributed by atoms with Crippen LogP contribution in [0.1, 0.15) is 13.8 Å². The number of rotatable bonds is 3. The summed E-state index contributed by atoms with van der Waals surface area (Å²) < 4.78 is 12.9. The van der Waals surface area contributed by atoms with Crippen molar-refractivity contribution in [2.75, 3.05) is 0 Å². The molecule has 0 aliphatic heterocycles. The van der Waals surface area contributed by atoms with Crippen LogP contribution in [0.3, 0.4) is 0 Å². The van der Waals surface area contributed by atoms with Crippen molar-refractivity contribution in [1.82, 2.24) is 0 Å². The first kappa shape index (κ1) is 10.7. The van der Waals surface area contributed by atoms with Gasteiger partial charge < -0.3 is 5.73 Å². The molecule has 0 radical (unpaired) electrons. The van der Waals surface area contributed by atoms with Gasteiger partial charge in [-0.15, -0.1) is 0 Å². The number of hydrogen-bond donors (Lipinski definition) is 1. The molecular weight excluding hydrogens is 153 g/mol. The highest BCUT2D eigenvalue weighted by atomic mass is 19.1. The lowest BCUT2D eigenvalue weighted by atomic mass is 10.2. The number of hydrogen-bond acceptors (Lipinski definition) is 1. The van der Waals surface area contributed by atoms with Crippen LogP contribution in [0.25, 0.3) is 0 Å². The van der Waals surface area contributed by atoms with E-state index in [1.54, 1.807) is 13.8 Å². The van der Waals surface area contributed by atoms with E-state index in [0.29, 0.717) is 16.8 Å². The summed E-state index contributed by atoms with van der Waals surface area (Å²) in [5.41, 5.74) is 6.92. The Labute approximate surface area is 72.8 Å². The SMILES string of the molecule is C=CC(=C)/C(N)=C\C(F)=C(C)C. The van der Waals surface area contributed by atoms with Crippen molar-refractivity contribution < 1.29 is 4.39 Å². The predicted octanol–water partition coefficient (Wildman–Crippen LogP) is 2.83. The molecule has 0 saturated heterocycles. The van der Waals surface area contributed by atoms with Crippen LogP contribution >= 0.6 is 0 Å². The second-order valence-electron chi connectivity index (χ2n) is 2.68. The fourth-order valence-corrected chi connectivity index (χ4v) is 0.491. The van der Waals surface area contributed by atoms with Gasteiger partial charge in [-0.05, 0) is 31.1 Å². The summed E-state index contributed by atoms with van der Waals surface area (Å²) in [6.07, 6.45) is 2.74. The summed E-state index contributed by atoms with van der Waals surface area (Å²) in [6.45, 7) is 10.4. The molecule has 0 atom stereocenters. The van der Waals surface area contributed by atoms with Crippen LogP contribution < -0.4 is 5.73 Å². The van der Waals surface area contributed by atoms with Gasteiger partial charge in [0, 0.05) is 5.70 Å². The van der Waals surface area contributed by atoms with Crippen LogP contribution in [0.4, 0.5) is 4.39 Å². The van der Waals surface area contributed by atoms with Crippen LogP contribution in [0.5, 0.6) is 0 Å². The molecule has 0 unspecified atom stereocenters. The van der Waals surface area contributed by atoms with Crippen molar-refractivity contribution in [1.29, 1.82) is 0 Å². The van der Waals surface area contributed by atoms with E-state index >= 15 is 0 Å². The highest BCUT2D eigenvalue weighted by Crippen LogP contribution is 2.11. The topological polar surface area (TPSA) is 26.0 Å². The Hall–Kier alpha value is -1.31. The van der Waals surface area contributed by atoms with E-state index < -0.39 is 0 Å². The molecule has 0 aromatic rings. The smallest absolute Gasteiger partial charge is 0.123 e. The fraction of sp³-hybridized carbons (Fsp3) is 0.200. The molecular formula is C10H14FN. The molecule has 0 heterocycles. The lowest BCUT2D eigenvalue weighted by molar-refractivity contribution is 0.652. The number of halogens is 1. The largest absolute Gasteiger partial charge is 0.398 e. The van der Waals surface area contributed by atoms with E-state index in [0.717, 1.165) is 0 Å². The van der Waals surface area contributed by atoms with E-state index in [4.69, 9.17) is 5.73 Å². The van der Waals surface area contributed by atoms with Gasteiger partial charge in [0.15, 0.2) is 0 Å². The molecule has 12 heavy (non-hydrogen) atoms. The lowest BCUT2D eigenvalue weighted by Gasteiger charge is -1.99. The van der Waals surface area contributed by atoms with Gasteiger partial charge in [-0.3, -0.25) is 0 Å². The molecule has 0 amide bonds. The Morgan fingerprint density at radius 3 is 2.25 bits per heavy atom. The minimum absolute atomic E-state index is 0.309. The van der Waals surface area contributed by atoms with Crippen molar-refractivity contribution in [2.45, 2.75) is 13.8 Å². The summed E-state index contributed by atoms with van der Waals surface area (Å²) in [7, 11) is 0.